The lowest BCUT2D eigenvalue weighted by molar-refractivity contribution is -0.136. The Morgan fingerprint density at radius 2 is 2.19 bits per heavy atom. The summed E-state index contributed by atoms with van der Waals surface area (Å²) in [5, 5.41) is 2.47. The molecule has 1 aliphatic heterocycles. The van der Waals surface area contributed by atoms with Gasteiger partial charge in [-0.3, -0.25) is 9.69 Å². The highest BCUT2D eigenvalue weighted by atomic mass is 79.9. The van der Waals surface area contributed by atoms with Crippen molar-refractivity contribution in [1.82, 2.24) is 10.2 Å². The first kappa shape index (κ1) is 15.4. The smallest absolute Gasteiger partial charge is 0.341 e. The van der Waals surface area contributed by atoms with Crippen molar-refractivity contribution >= 4 is 33.8 Å². The molecule has 0 bridgehead atoms. The number of hydrogen-bond acceptors (Lipinski definition) is 4. The van der Waals surface area contributed by atoms with Crippen LogP contribution in [-0.2, 0) is 9.53 Å². The molecule has 8 heteroatoms. The molecule has 0 aromatic heterocycles. The molecule has 1 saturated heterocycles. The Balaban J connectivity index is 2.06. The van der Waals surface area contributed by atoms with Gasteiger partial charge < -0.3 is 10.1 Å². The lowest BCUT2D eigenvalue weighted by Gasteiger charge is -2.18. The quantitative estimate of drug-likeness (QED) is 0.834. The van der Waals surface area contributed by atoms with Crippen LogP contribution in [0, 0.1) is 5.82 Å². The van der Waals surface area contributed by atoms with Crippen molar-refractivity contribution in [2.24, 2.45) is 0 Å². The van der Waals surface area contributed by atoms with Gasteiger partial charge in [0.05, 0.1) is 5.56 Å². The molecule has 0 spiro atoms. The van der Waals surface area contributed by atoms with E-state index in [0.29, 0.717) is 11.0 Å². The second kappa shape index (κ2) is 6.21. The lowest BCUT2D eigenvalue weighted by Crippen LogP contribution is -2.41. The van der Waals surface area contributed by atoms with E-state index in [0.717, 1.165) is 11.0 Å². The molecule has 2 rings (SSSR count). The molecule has 1 N–H and O–H groups in total. The van der Waals surface area contributed by atoms with E-state index in [2.05, 4.69) is 21.2 Å². The number of urea groups is 1. The number of halogens is 2. The Morgan fingerprint density at radius 1 is 1.48 bits per heavy atom. The fourth-order valence-electron chi connectivity index (χ4n) is 1.83. The van der Waals surface area contributed by atoms with E-state index in [1.54, 1.807) is 0 Å². The van der Waals surface area contributed by atoms with Crippen LogP contribution < -0.4 is 5.32 Å². The van der Waals surface area contributed by atoms with Gasteiger partial charge in [0.1, 0.15) is 5.82 Å². The van der Waals surface area contributed by atoms with E-state index < -0.39 is 29.8 Å². The predicted molar refractivity (Wildman–Crippen MR) is 74.1 cm³/mol. The first-order valence-corrected chi connectivity index (χ1v) is 6.94. The fraction of sp³-hybridized carbons (Fsp3) is 0.308. The van der Waals surface area contributed by atoms with Crippen molar-refractivity contribution in [3.63, 3.8) is 0 Å². The molecule has 112 valence electrons. The predicted octanol–water partition coefficient (Wildman–Crippen LogP) is 1.69. The molecule has 1 aromatic rings. The molecule has 3 amide bonds. The Morgan fingerprint density at radius 3 is 2.81 bits per heavy atom. The third kappa shape index (κ3) is 3.38. The maximum Gasteiger partial charge on any atom is 0.341 e. The van der Waals surface area contributed by atoms with Crippen LogP contribution in [0.5, 0.6) is 0 Å². The number of nitrogens with zero attached hydrogens (tertiary/aromatic N) is 1. The minimum Gasteiger partial charge on any atom is -0.449 e. The van der Waals surface area contributed by atoms with Gasteiger partial charge in [0.25, 0.3) is 5.91 Å². The molecule has 1 atom stereocenters. The average molecular weight is 359 g/mol. The summed E-state index contributed by atoms with van der Waals surface area (Å²) in [5.74, 6) is -2.36. The summed E-state index contributed by atoms with van der Waals surface area (Å²) >= 11 is 3.12. The van der Waals surface area contributed by atoms with Crippen molar-refractivity contribution in [2.45, 2.75) is 13.0 Å². The van der Waals surface area contributed by atoms with Crippen molar-refractivity contribution in [3.05, 3.63) is 34.1 Å². The number of amides is 3. The zero-order valence-electron chi connectivity index (χ0n) is 11.1. The number of ether oxygens (including phenoxy) is 1. The van der Waals surface area contributed by atoms with Gasteiger partial charge in [-0.15, -0.1) is 0 Å². The number of carbonyl (C=O) groups excluding carboxylic acids is 3. The summed E-state index contributed by atoms with van der Waals surface area (Å²) in [6.07, 6.45) is -1.18. The van der Waals surface area contributed by atoms with Crippen molar-refractivity contribution in [2.75, 3.05) is 13.1 Å². The Bertz CT molecular complexity index is 608. The molecule has 0 saturated carbocycles. The monoisotopic (exact) mass is 358 g/mol. The molecule has 6 nitrogen and oxygen atoms in total. The van der Waals surface area contributed by atoms with Crippen LogP contribution >= 0.6 is 15.9 Å². The minimum atomic E-state index is -1.18. The van der Waals surface area contributed by atoms with Crippen LogP contribution in [0.2, 0.25) is 0 Å². The lowest BCUT2D eigenvalue weighted by atomic mass is 10.2. The second-order valence-corrected chi connectivity index (χ2v) is 5.31. The summed E-state index contributed by atoms with van der Waals surface area (Å²) in [5.41, 5.74) is -0.283. The number of hydrogen-bond donors (Lipinski definition) is 1. The van der Waals surface area contributed by atoms with Gasteiger partial charge in [-0.1, -0.05) is 15.9 Å². The molecule has 21 heavy (non-hydrogen) atoms. The summed E-state index contributed by atoms with van der Waals surface area (Å²) in [7, 11) is 0. The highest BCUT2D eigenvalue weighted by Crippen LogP contribution is 2.17. The fourth-order valence-corrected chi connectivity index (χ4v) is 2.19. The third-order valence-electron chi connectivity index (χ3n) is 2.90. The highest BCUT2D eigenvalue weighted by Gasteiger charge is 2.32. The van der Waals surface area contributed by atoms with Gasteiger partial charge in [0.15, 0.2) is 6.10 Å². The van der Waals surface area contributed by atoms with Crippen molar-refractivity contribution in [1.29, 1.82) is 0 Å². The first-order valence-electron chi connectivity index (χ1n) is 6.15. The Hall–Kier alpha value is -1.96. The number of rotatable bonds is 3. The van der Waals surface area contributed by atoms with Crippen LogP contribution in [-0.4, -0.2) is 42.0 Å². The van der Waals surface area contributed by atoms with Gasteiger partial charge in [0, 0.05) is 17.6 Å². The topological polar surface area (TPSA) is 75.7 Å². The summed E-state index contributed by atoms with van der Waals surface area (Å²) in [6.45, 7) is 1.90. The van der Waals surface area contributed by atoms with E-state index >= 15 is 0 Å². The summed E-state index contributed by atoms with van der Waals surface area (Å²) in [4.78, 5) is 36.1. The number of imide groups is 1. The molecule has 1 heterocycles. The zero-order chi connectivity index (χ0) is 15.6. The molecule has 0 radical (unpaired) electrons. The third-order valence-corrected chi connectivity index (χ3v) is 3.40. The SMILES string of the molecule is C[C@@H](OC(=O)c1cc(Br)ccc1F)C(=O)N1CCNC1=O. The number of benzene rings is 1. The van der Waals surface area contributed by atoms with Crippen LogP contribution in [0.4, 0.5) is 9.18 Å². The molecular formula is C13H12BrFN2O4. The van der Waals surface area contributed by atoms with Gasteiger partial charge in [-0.25, -0.2) is 14.0 Å². The standard InChI is InChI=1S/C13H12BrFN2O4/c1-7(11(18)17-5-4-16-13(17)20)21-12(19)9-6-8(14)2-3-10(9)15/h2-3,6-7H,4-5H2,1H3,(H,16,20)/t7-/m1/s1. The normalized spacial score (nSPS) is 15.6. The van der Waals surface area contributed by atoms with Crippen molar-refractivity contribution < 1.29 is 23.5 Å². The molecule has 1 aromatic carbocycles. The Kier molecular flexibility index (Phi) is 4.56. The largest absolute Gasteiger partial charge is 0.449 e. The zero-order valence-corrected chi connectivity index (χ0v) is 12.6. The highest BCUT2D eigenvalue weighted by molar-refractivity contribution is 9.10. The van der Waals surface area contributed by atoms with Crippen LogP contribution in [0.15, 0.2) is 22.7 Å². The van der Waals surface area contributed by atoms with Crippen LogP contribution in [0.1, 0.15) is 17.3 Å². The number of esters is 1. The van der Waals surface area contributed by atoms with E-state index in [4.69, 9.17) is 4.74 Å². The first-order chi connectivity index (χ1) is 9.90. The van der Waals surface area contributed by atoms with Crippen LogP contribution in [0.3, 0.4) is 0 Å². The second-order valence-electron chi connectivity index (χ2n) is 4.39. The van der Waals surface area contributed by atoms with Gasteiger partial charge in [-0.2, -0.15) is 0 Å². The van der Waals surface area contributed by atoms with Gasteiger partial charge >= 0.3 is 12.0 Å². The van der Waals surface area contributed by atoms with Gasteiger partial charge in [0.2, 0.25) is 0 Å². The molecular weight excluding hydrogens is 347 g/mol. The average Bonchev–Trinajstić information content (AvgIpc) is 2.86. The van der Waals surface area contributed by atoms with Crippen LogP contribution in [0.25, 0.3) is 0 Å². The minimum absolute atomic E-state index is 0.213. The molecule has 0 aliphatic carbocycles. The Labute approximate surface area is 128 Å². The van der Waals surface area contributed by atoms with E-state index in [9.17, 15) is 18.8 Å². The summed E-state index contributed by atoms with van der Waals surface area (Å²) in [6, 6.07) is 3.28. The maximum atomic E-state index is 13.6. The van der Waals surface area contributed by atoms with E-state index in [1.807, 2.05) is 0 Å². The molecule has 0 unspecified atom stereocenters. The molecule has 1 aliphatic rings. The number of nitrogens with one attached hydrogen (secondary N) is 1. The van der Waals surface area contributed by atoms with E-state index in [-0.39, 0.29) is 12.1 Å². The van der Waals surface area contributed by atoms with Crippen molar-refractivity contribution in [3.8, 4) is 0 Å². The molecule has 1 fully saturated rings. The summed E-state index contributed by atoms with van der Waals surface area (Å²) < 4.78 is 19.0. The number of carbonyl (C=O) groups is 3. The van der Waals surface area contributed by atoms with Gasteiger partial charge in [-0.05, 0) is 25.1 Å². The maximum absolute atomic E-state index is 13.6. The van der Waals surface area contributed by atoms with E-state index in [1.165, 1.54) is 19.1 Å².